The fraction of sp³-hybridized carbons (Fsp3) is 0.462. The van der Waals surface area contributed by atoms with Gasteiger partial charge in [0, 0.05) is 26.6 Å². The van der Waals surface area contributed by atoms with Crippen molar-refractivity contribution in [1.82, 2.24) is 0 Å². The summed E-state index contributed by atoms with van der Waals surface area (Å²) in [6.45, 7) is 1.98. The van der Waals surface area contributed by atoms with Crippen molar-refractivity contribution in [2.75, 3.05) is 24.3 Å². The molecule has 0 aromatic heterocycles. The molecule has 3 N–H and O–H groups in total. The molecule has 1 atom stereocenters. The summed E-state index contributed by atoms with van der Waals surface area (Å²) in [7, 11) is 3.89. The van der Waals surface area contributed by atoms with E-state index in [-0.39, 0.29) is 11.9 Å². The fourth-order valence-corrected chi connectivity index (χ4v) is 1.55. The van der Waals surface area contributed by atoms with Crippen LogP contribution in [0.1, 0.15) is 19.8 Å². The summed E-state index contributed by atoms with van der Waals surface area (Å²) < 4.78 is 0. The van der Waals surface area contributed by atoms with Crippen LogP contribution in [0.2, 0.25) is 0 Å². The van der Waals surface area contributed by atoms with Crippen LogP contribution in [-0.2, 0) is 4.79 Å². The lowest BCUT2D eigenvalue weighted by molar-refractivity contribution is -0.116. The Morgan fingerprint density at radius 2 is 2.06 bits per heavy atom. The molecular weight excluding hydrogens is 214 g/mol. The predicted molar refractivity (Wildman–Crippen MR) is 72.3 cm³/mol. The monoisotopic (exact) mass is 235 g/mol. The highest BCUT2D eigenvalue weighted by atomic mass is 16.1. The van der Waals surface area contributed by atoms with E-state index in [9.17, 15) is 4.79 Å². The molecule has 0 spiro atoms. The first-order valence-corrected chi connectivity index (χ1v) is 5.86. The molecule has 17 heavy (non-hydrogen) atoms. The largest absolute Gasteiger partial charge is 0.376 e. The lowest BCUT2D eigenvalue weighted by atomic mass is 10.1. The van der Waals surface area contributed by atoms with E-state index in [4.69, 9.17) is 5.73 Å². The molecule has 1 aromatic carbocycles. The van der Waals surface area contributed by atoms with E-state index < -0.39 is 0 Å². The van der Waals surface area contributed by atoms with Gasteiger partial charge in [0.25, 0.3) is 0 Å². The molecule has 0 aliphatic heterocycles. The van der Waals surface area contributed by atoms with Crippen LogP contribution in [0.25, 0.3) is 0 Å². The van der Waals surface area contributed by atoms with Gasteiger partial charge in [0.05, 0.1) is 11.4 Å². The fourth-order valence-electron chi connectivity index (χ4n) is 1.55. The second-order valence-electron chi connectivity index (χ2n) is 4.33. The van der Waals surface area contributed by atoms with Crippen LogP contribution in [0, 0.1) is 0 Å². The Morgan fingerprint density at radius 3 is 2.65 bits per heavy atom. The van der Waals surface area contributed by atoms with Crippen LogP contribution in [0.4, 0.5) is 11.4 Å². The van der Waals surface area contributed by atoms with Crippen molar-refractivity contribution in [3.05, 3.63) is 24.3 Å². The van der Waals surface area contributed by atoms with Crippen molar-refractivity contribution in [3.8, 4) is 0 Å². The molecule has 4 nitrogen and oxygen atoms in total. The van der Waals surface area contributed by atoms with Gasteiger partial charge in [0.1, 0.15) is 0 Å². The molecule has 94 valence electrons. The Labute approximate surface area is 103 Å². The maximum Gasteiger partial charge on any atom is 0.225 e. The summed E-state index contributed by atoms with van der Waals surface area (Å²) in [5, 5.41) is 2.90. The van der Waals surface area contributed by atoms with Crippen LogP contribution >= 0.6 is 0 Å². The zero-order valence-corrected chi connectivity index (χ0v) is 10.7. The highest BCUT2D eigenvalue weighted by molar-refractivity contribution is 5.94. The third-order valence-corrected chi connectivity index (χ3v) is 2.63. The summed E-state index contributed by atoms with van der Waals surface area (Å²) in [5.41, 5.74) is 7.57. The molecule has 0 radical (unpaired) electrons. The van der Waals surface area contributed by atoms with E-state index in [0.29, 0.717) is 6.42 Å². The van der Waals surface area contributed by atoms with Gasteiger partial charge in [-0.3, -0.25) is 4.79 Å². The second-order valence-corrected chi connectivity index (χ2v) is 4.33. The number of anilines is 2. The van der Waals surface area contributed by atoms with Crippen LogP contribution in [0.15, 0.2) is 24.3 Å². The van der Waals surface area contributed by atoms with Gasteiger partial charge in [-0.2, -0.15) is 0 Å². The maximum absolute atomic E-state index is 11.7. The van der Waals surface area contributed by atoms with Crippen LogP contribution in [0.3, 0.4) is 0 Å². The minimum Gasteiger partial charge on any atom is -0.376 e. The highest BCUT2D eigenvalue weighted by Gasteiger charge is 2.10. The van der Waals surface area contributed by atoms with Gasteiger partial charge in [-0.15, -0.1) is 0 Å². The van der Waals surface area contributed by atoms with E-state index in [1.165, 1.54) is 0 Å². The molecule has 4 heteroatoms. The summed E-state index contributed by atoms with van der Waals surface area (Å²) >= 11 is 0. The molecule has 0 aliphatic carbocycles. The summed E-state index contributed by atoms with van der Waals surface area (Å²) in [5.74, 6) is -0.0337. The number of carbonyl (C=O) groups is 1. The van der Waals surface area contributed by atoms with Gasteiger partial charge >= 0.3 is 0 Å². The van der Waals surface area contributed by atoms with Gasteiger partial charge in [0.2, 0.25) is 5.91 Å². The normalized spacial score (nSPS) is 12.0. The smallest absolute Gasteiger partial charge is 0.225 e. The highest BCUT2D eigenvalue weighted by Crippen LogP contribution is 2.23. The lowest BCUT2D eigenvalue weighted by Crippen LogP contribution is -2.26. The van der Waals surface area contributed by atoms with E-state index in [1.54, 1.807) is 0 Å². The molecule has 0 bridgehead atoms. The van der Waals surface area contributed by atoms with Gasteiger partial charge in [0.15, 0.2) is 0 Å². The van der Waals surface area contributed by atoms with Crippen molar-refractivity contribution < 1.29 is 4.79 Å². The second kappa shape index (κ2) is 6.25. The average molecular weight is 235 g/mol. The average Bonchev–Trinajstić information content (AvgIpc) is 2.29. The first kappa shape index (κ1) is 13.5. The van der Waals surface area contributed by atoms with Crippen LogP contribution in [0.5, 0.6) is 0 Å². The molecule has 1 amide bonds. The first-order chi connectivity index (χ1) is 8.04. The Bertz CT molecular complexity index is 377. The molecule has 0 saturated heterocycles. The zero-order valence-electron chi connectivity index (χ0n) is 10.7. The molecule has 1 unspecified atom stereocenters. The first-order valence-electron chi connectivity index (χ1n) is 5.86. The van der Waals surface area contributed by atoms with Crippen molar-refractivity contribution in [2.45, 2.75) is 25.8 Å². The van der Waals surface area contributed by atoms with E-state index >= 15 is 0 Å². The third-order valence-electron chi connectivity index (χ3n) is 2.63. The van der Waals surface area contributed by atoms with Gasteiger partial charge in [-0.25, -0.2) is 0 Å². The predicted octanol–water partition coefficient (Wildman–Crippen LogP) is 1.82. The molecule has 0 fully saturated rings. The SMILES string of the molecule is CCC(N)CC(=O)Nc1ccccc1N(C)C. The molecule has 0 saturated carbocycles. The van der Waals surface area contributed by atoms with E-state index in [1.807, 2.05) is 50.2 Å². The minimum absolute atomic E-state index is 0.0337. The summed E-state index contributed by atoms with van der Waals surface area (Å²) in [4.78, 5) is 13.7. The Hall–Kier alpha value is -1.55. The van der Waals surface area contributed by atoms with E-state index in [0.717, 1.165) is 17.8 Å². The molecule has 0 heterocycles. The van der Waals surface area contributed by atoms with Crippen molar-refractivity contribution >= 4 is 17.3 Å². The number of hydrogen-bond acceptors (Lipinski definition) is 3. The van der Waals surface area contributed by atoms with Gasteiger partial charge in [-0.05, 0) is 18.6 Å². The zero-order chi connectivity index (χ0) is 12.8. The Balaban J connectivity index is 2.71. The minimum atomic E-state index is -0.0680. The lowest BCUT2D eigenvalue weighted by Gasteiger charge is -2.18. The quantitative estimate of drug-likeness (QED) is 0.818. The number of hydrogen-bond donors (Lipinski definition) is 2. The number of amides is 1. The van der Waals surface area contributed by atoms with Crippen LogP contribution in [-0.4, -0.2) is 26.0 Å². The van der Waals surface area contributed by atoms with Crippen molar-refractivity contribution in [1.29, 1.82) is 0 Å². The topological polar surface area (TPSA) is 58.4 Å². The maximum atomic E-state index is 11.7. The van der Waals surface area contributed by atoms with Gasteiger partial charge in [-0.1, -0.05) is 19.1 Å². The number of carbonyl (C=O) groups excluding carboxylic acids is 1. The van der Waals surface area contributed by atoms with Crippen molar-refractivity contribution in [2.24, 2.45) is 5.73 Å². The third kappa shape index (κ3) is 4.07. The number of nitrogens with two attached hydrogens (primary N) is 1. The van der Waals surface area contributed by atoms with Crippen molar-refractivity contribution in [3.63, 3.8) is 0 Å². The number of rotatable bonds is 5. The molecule has 1 rings (SSSR count). The number of para-hydroxylation sites is 2. The van der Waals surface area contributed by atoms with Gasteiger partial charge < -0.3 is 16.0 Å². The summed E-state index contributed by atoms with van der Waals surface area (Å²) in [6, 6.07) is 7.65. The number of nitrogens with zero attached hydrogens (tertiary/aromatic N) is 1. The van der Waals surface area contributed by atoms with E-state index in [2.05, 4.69) is 5.32 Å². The molecular formula is C13H21N3O. The Morgan fingerprint density at radius 1 is 1.41 bits per heavy atom. The number of benzene rings is 1. The molecule has 0 aliphatic rings. The van der Waals surface area contributed by atoms with Crippen LogP contribution < -0.4 is 16.0 Å². The molecule has 1 aromatic rings. The number of nitrogens with one attached hydrogen (secondary N) is 1. The standard InChI is InChI=1S/C13H21N3O/c1-4-10(14)9-13(17)15-11-7-5-6-8-12(11)16(2)3/h5-8,10H,4,9,14H2,1-3H3,(H,15,17). The summed E-state index contributed by atoms with van der Waals surface area (Å²) in [6.07, 6.45) is 1.17. The Kier molecular flexibility index (Phi) is 4.97.